The number of aryl methyl sites for hydroxylation is 1. The maximum Gasteiger partial charge on any atom is 0.0797 e. The van der Waals surface area contributed by atoms with Crippen LogP contribution in [0.1, 0.15) is 23.9 Å². The summed E-state index contributed by atoms with van der Waals surface area (Å²) in [6, 6.07) is 0. The van der Waals surface area contributed by atoms with E-state index < -0.39 is 0 Å². The predicted molar refractivity (Wildman–Crippen MR) is 75.6 cm³/mol. The molecule has 0 aliphatic rings. The second kappa shape index (κ2) is 7.30. The number of likely N-dealkylation sites (N-methyl/N-ethyl adjacent to an activating group) is 1. The highest BCUT2D eigenvalue weighted by Gasteiger charge is 2.05. The first-order valence-electron chi connectivity index (χ1n) is 5.73. The van der Waals surface area contributed by atoms with Crippen LogP contribution in [0.3, 0.4) is 0 Å². The van der Waals surface area contributed by atoms with Crippen molar-refractivity contribution in [2.45, 2.75) is 31.9 Å². The van der Waals surface area contributed by atoms with Gasteiger partial charge in [0.05, 0.1) is 11.2 Å². The minimum Gasteiger partial charge on any atom is -0.306 e. The molecular weight excluding hydrogens is 236 g/mol. The topological polar surface area (TPSA) is 16.1 Å². The van der Waals surface area contributed by atoms with E-state index in [2.05, 4.69) is 37.0 Å². The van der Waals surface area contributed by atoms with Gasteiger partial charge in [-0.1, -0.05) is 6.92 Å². The number of aromatic nitrogens is 1. The van der Waals surface area contributed by atoms with Crippen molar-refractivity contribution >= 4 is 23.1 Å². The highest BCUT2D eigenvalue weighted by atomic mass is 32.2. The average molecular weight is 258 g/mol. The Hall–Kier alpha value is -0.0600. The Kier molecular flexibility index (Phi) is 6.39. The van der Waals surface area contributed by atoms with Crippen molar-refractivity contribution in [3.63, 3.8) is 0 Å². The van der Waals surface area contributed by atoms with Crippen molar-refractivity contribution in [1.82, 2.24) is 9.88 Å². The maximum absolute atomic E-state index is 4.28. The zero-order chi connectivity index (χ0) is 12.0. The first-order valence-corrected chi connectivity index (χ1v) is 7.90. The Bertz CT molecular complexity index is 299. The second-order valence-electron chi connectivity index (χ2n) is 4.25. The molecule has 0 bridgehead atoms. The lowest BCUT2D eigenvalue weighted by Crippen LogP contribution is -2.24. The Morgan fingerprint density at radius 1 is 1.50 bits per heavy atom. The Labute approximate surface area is 107 Å². The summed E-state index contributed by atoms with van der Waals surface area (Å²) < 4.78 is 0. The summed E-state index contributed by atoms with van der Waals surface area (Å²) in [5.41, 5.74) is 3.15. The molecule has 2 nitrogen and oxygen atoms in total. The van der Waals surface area contributed by atoms with E-state index in [9.17, 15) is 0 Å². The Morgan fingerprint density at radius 2 is 2.25 bits per heavy atom. The molecule has 16 heavy (non-hydrogen) atoms. The third-order valence-electron chi connectivity index (χ3n) is 2.89. The minimum atomic E-state index is 0.771. The van der Waals surface area contributed by atoms with Gasteiger partial charge in [0.1, 0.15) is 0 Å². The van der Waals surface area contributed by atoms with Gasteiger partial charge in [0, 0.05) is 16.7 Å². The van der Waals surface area contributed by atoms with Crippen LogP contribution >= 0.6 is 23.1 Å². The molecule has 0 amide bonds. The SMILES string of the molecule is CS[C@@H](C)CCN(C)CCc1scnc1C. The van der Waals surface area contributed by atoms with E-state index in [-0.39, 0.29) is 0 Å². The van der Waals surface area contributed by atoms with Crippen molar-refractivity contribution in [2.24, 2.45) is 0 Å². The van der Waals surface area contributed by atoms with Gasteiger partial charge in [-0.15, -0.1) is 11.3 Å². The molecule has 0 aliphatic heterocycles. The molecule has 0 aromatic carbocycles. The molecule has 92 valence electrons. The molecule has 0 unspecified atom stereocenters. The quantitative estimate of drug-likeness (QED) is 0.748. The minimum absolute atomic E-state index is 0.771. The Balaban J connectivity index is 2.20. The first-order chi connectivity index (χ1) is 7.63. The summed E-state index contributed by atoms with van der Waals surface area (Å²) >= 11 is 3.73. The van der Waals surface area contributed by atoms with Crippen LogP contribution in [0.15, 0.2) is 5.51 Å². The maximum atomic E-state index is 4.28. The van der Waals surface area contributed by atoms with Crippen LogP contribution in [-0.2, 0) is 6.42 Å². The number of rotatable bonds is 7. The molecule has 1 aromatic rings. The summed E-state index contributed by atoms with van der Waals surface area (Å²) in [6.45, 7) is 6.73. The fraction of sp³-hybridized carbons (Fsp3) is 0.750. The molecule has 0 N–H and O–H groups in total. The van der Waals surface area contributed by atoms with Gasteiger partial charge in [-0.3, -0.25) is 0 Å². The van der Waals surface area contributed by atoms with Crippen molar-refractivity contribution in [3.05, 3.63) is 16.1 Å². The molecule has 0 fully saturated rings. The standard InChI is InChI=1S/C12H22N2S2/c1-10(15-4)5-7-14(3)8-6-12-11(2)13-9-16-12/h9-10H,5-8H2,1-4H3/t10-/m0/s1. The van der Waals surface area contributed by atoms with Gasteiger partial charge in [-0.05, 0) is 39.6 Å². The molecule has 0 spiro atoms. The van der Waals surface area contributed by atoms with Crippen LogP contribution in [0.25, 0.3) is 0 Å². The highest BCUT2D eigenvalue weighted by molar-refractivity contribution is 7.99. The molecule has 0 radical (unpaired) electrons. The van der Waals surface area contributed by atoms with Gasteiger partial charge in [-0.2, -0.15) is 11.8 Å². The highest BCUT2D eigenvalue weighted by Crippen LogP contribution is 2.14. The van der Waals surface area contributed by atoms with Crippen molar-refractivity contribution in [1.29, 1.82) is 0 Å². The number of thioether (sulfide) groups is 1. The lowest BCUT2D eigenvalue weighted by Gasteiger charge is -2.18. The normalized spacial score (nSPS) is 13.3. The van der Waals surface area contributed by atoms with E-state index in [4.69, 9.17) is 0 Å². The van der Waals surface area contributed by atoms with Gasteiger partial charge >= 0.3 is 0 Å². The average Bonchev–Trinajstić information content (AvgIpc) is 2.69. The molecule has 0 aliphatic carbocycles. The number of hydrogen-bond donors (Lipinski definition) is 0. The van der Waals surface area contributed by atoms with Crippen LogP contribution in [0.4, 0.5) is 0 Å². The van der Waals surface area contributed by atoms with E-state index in [0.717, 1.165) is 18.2 Å². The van der Waals surface area contributed by atoms with Gasteiger partial charge in [0.2, 0.25) is 0 Å². The second-order valence-corrected chi connectivity index (χ2v) is 6.46. The van der Waals surface area contributed by atoms with Crippen molar-refractivity contribution in [2.75, 3.05) is 26.4 Å². The van der Waals surface area contributed by atoms with Crippen LogP contribution < -0.4 is 0 Å². The van der Waals surface area contributed by atoms with Gasteiger partial charge in [0.15, 0.2) is 0 Å². The van der Waals surface area contributed by atoms with E-state index >= 15 is 0 Å². The summed E-state index contributed by atoms with van der Waals surface area (Å²) in [5.74, 6) is 0. The Morgan fingerprint density at radius 3 is 2.81 bits per heavy atom. The molecule has 1 atom stereocenters. The van der Waals surface area contributed by atoms with E-state index in [1.807, 2.05) is 17.3 Å². The summed E-state index contributed by atoms with van der Waals surface area (Å²) in [7, 11) is 2.21. The van der Waals surface area contributed by atoms with Crippen molar-refractivity contribution in [3.8, 4) is 0 Å². The van der Waals surface area contributed by atoms with Gasteiger partial charge in [-0.25, -0.2) is 4.98 Å². The van der Waals surface area contributed by atoms with Gasteiger partial charge in [0.25, 0.3) is 0 Å². The zero-order valence-corrected chi connectivity index (χ0v) is 12.3. The fourth-order valence-electron chi connectivity index (χ4n) is 1.49. The van der Waals surface area contributed by atoms with E-state index in [0.29, 0.717) is 0 Å². The molecular formula is C12H22N2S2. The lowest BCUT2D eigenvalue weighted by atomic mass is 10.2. The first kappa shape index (κ1) is 14.0. The molecule has 1 heterocycles. The number of nitrogens with zero attached hydrogens (tertiary/aromatic N) is 2. The summed E-state index contributed by atoms with van der Waals surface area (Å²) in [4.78, 5) is 8.14. The zero-order valence-electron chi connectivity index (χ0n) is 10.7. The summed E-state index contributed by atoms with van der Waals surface area (Å²) in [5, 5.41) is 0.771. The van der Waals surface area contributed by atoms with E-state index in [1.54, 1.807) is 11.3 Å². The van der Waals surface area contributed by atoms with E-state index in [1.165, 1.54) is 23.5 Å². The molecule has 1 aromatic heterocycles. The molecule has 4 heteroatoms. The molecule has 1 rings (SSSR count). The van der Waals surface area contributed by atoms with Gasteiger partial charge < -0.3 is 4.90 Å². The van der Waals surface area contributed by atoms with Crippen LogP contribution in [0.2, 0.25) is 0 Å². The van der Waals surface area contributed by atoms with Crippen LogP contribution in [-0.4, -0.2) is 41.5 Å². The fourth-order valence-corrected chi connectivity index (χ4v) is 2.60. The van der Waals surface area contributed by atoms with Crippen LogP contribution in [0.5, 0.6) is 0 Å². The third-order valence-corrected chi connectivity index (χ3v) is 4.92. The van der Waals surface area contributed by atoms with Crippen molar-refractivity contribution < 1.29 is 0 Å². The summed E-state index contributed by atoms with van der Waals surface area (Å²) in [6.07, 6.45) is 4.60. The smallest absolute Gasteiger partial charge is 0.0797 e. The van der Waals surface area contributed by atoms with Crippen LogP contribution in [0, 0.1) is 6.92 Å². The largest absolute Gasteiger partial charge is 0.306 e. The molecule has 0 saturated heterocycles. The molecule has 0 saturated carbocycles. The number of hydrogen-bond acceptors (Lipinski definition) is 4. The number of thiazole rings is 1. The lowest BCUT2D eigenvalue weighted by molar-refractivity contribution is 0.334. The monoisotopic (exact) mass is 258 g/mol. The third kappa shape index (κ3) is 4.85. The predicted octanol–water partition coefficient (Wildman–Crippen LogP) is 3.07.